The summed E-state index contributed by atoms with van der Waals surface area (Å²) in [5.74, 6) is -0.416. The first-order valence-electron chi connectivity index (χ1n) is 6.90. The third-order valence-electron chi connectivity index (χ3n) is 4.29. The Labute approximate surface area is 108 Å². The number of rotatable bonds is 4. The van der Waals surface area contributed by atoms with Crippen LogP contribution >= 0.6 is 0 Å². The Morgan fingerprint density at radius 3 is 2.56 bits per heavy atom. The number of hydrogen-bond acceptors (Lipinski definition) is 4. The maximum atomic E-state index is 10.9. The van der Waals surface area contributed by atoms with E-state index in [-0.39, 0.29) is 6.54 Å². The highest BCUT2D eigenvalue weighted by atomic mass is 16.4. The van der Waals surface area contributed by atoms with Crippen LogP contribution in [0.15, 0.2) is 0 Å². The van der Waals surface area contributed by atoms with Crippen molar-refractivity contribution in [2.75, 3.05) is 26.2 Å². The average molecular weight is 256 g/mol. The number of likely N-dealkylation sites (tertiary alicyclic amines) is 1. The van der Waals surface area contributed by atoms with Gasteiger partial charge in [-0.25, -0.2) is 4.79 Å². The molecule has 2 rings (SSSR count). The molecular weight excluding hydrogens is 232 g/mol. The smallest absolute Gasteiger partial charge is 0.336 e. The molecular formula is C13H24N2O3. The van der Waals surface area contributed by atoms with Gasteiger partial charge in [-0.3, -0.25) is 4.90 Å². The predicted octanol–water partition coefficient (Wildman–Crippen LogP) is 0.286. The van der Waals surface area contributed by atoms with Gasteiger partial charge < -0.3 is 15.5 Å². The van der Waals surface area contributed by atoms with Crippen molar-refractivity contribution in [1.29, 1.82) is 0 Å². The van der Waals surface area contributed by atoms with Crippen molar-refractivity contribution in [3.8, 4) is 0 Å². The molecule has 2 unspecified atom stereocenters. The second-order valence-corrected chi connectivity index (χ2v) is 5.90. The van der Waals surface area contributed by atoms with Crippen LogP contribution in [0, 0.1) is 5.92 Å². The molecule has 3 N–H and O–H groups in total. The Morgan fingerprint density at radius 1 is 1.39 bits per heavy atom. The topological polar surface area (TPSA) is 72.8 Å². The molecule has 2 fully saturated rings. The first-order chi connectivity index (χ1) is 8.49. The highest BCUT2D eigenvalue weighted by Crippen LogP contribution is 2.26. The first-order valence-corrected chi connectivity index (χ1v) is 6.90. The Balaban J connectivity index is 1.78. The average Bonchev–Trinajstić information content (AvgIpc) is 2.83. The van der Waals surface area contributed by atoms with Gasteiger partial charge in [0.25, 0.3) is 0 Å². The molecule has 2 aliphatic heterocycles. The Bertz CT molecular complexity index is 293. The van der Waals surface area contributed by atoms with E-state index < -0.39 is 11.6 Å². The van der Waals surface area contributed by atoms with Crippen LogP contribution in [0.25, 0.3) is 0 Å². The normalized spacial score (nSPS) is 30.2. The van der Waals surface area contributed by atoms with Gasteiger partial charge in [0.1, 0.15) is 0 Å². The molecule has 18 heavy (non-hydrogen) atoms. The lowest BCUT2D eigenvalue weighted by Crippen LogP contribution is -2.50. The van der Waals surface area contributed by atoms with Gasteiger partial charge in [0.05, 0.1) is 0 Å². The van der Waals surface area contributed by atoms with E-state index in [4.69, 9.17) is 5.11 Å². The van der Waals surface area contributed by atoms with E-state index in [1.807, 2.05) is 0 Å². The zero-order chi connectivity index (χ0) is 13.2. The standard InChI is InChI=1S/C13H24N2O3/c1-13(18,12(16)17)9-15-7-4-10(5-8-15)11-3-2-6-14-11/h10-11,14,18H,2-9H2,1H3,(H,16,17). The quantitative estimate of drug-likeness (QED) is 0.674. The second kappa shape index (κ2) is 5.55. The number of carboxylic acid groups (broad SMARTS) is 1. The largest absolute Gasteiger partial charge is 0.479 e. The van der Waals surface area contributed by atoms with Gasteiger partial charge in [0.15, 0.2) is 5.60 Å². The van der Waals surface area contributed by atoms with Crippen LogP contribution < -0.4 is 5.32 Å². The van der Waals surface area contributed by atoms with E-state index in [9.17, 15) is 9.90 Å². The minimum atomic E-state index is -1.63. The molecule has 0 bridgehead atoms. The van der Waals surface area contributed by atoms with Crippen molar-refractivity contribution in [3.63, 3.8) is 0 Å². The fourth-order valence-electron chi connectivity index (χ4n) is 3.13. The minimum absolute atomic E-state index is 0.229. The molecule has 5 heteroatoms. The molecule has 5 nitrogen and oxygen atoms in total. The fourth-order valence-corrected chi connectivity index (χ4v) is 3.13. The molecule has 2 atom stereocenters. The van der Waals surface area contributed by atoms with Crippen LogP contribution in [0.4, 0.5) is 0 Å². The molecule has 104 valence electrons. The summed E-state index contributed by atoms with van der Waals surface area (Å²) in [7, 11) is 0. The van der Waals surface area contributed by atoms with E-state index in [0.717, 1.165) is 38.4 Å². The minimum Gasteiger partial charge on any atom is -0.479 e. The highest BCUT2D eigenvalue weighted by Gasteiger charge is 2.35. The lowest BCUT2D eigenvalue weighted by Gasteiger charge is -2.37. The summed E-state index contributed by atoms with van der Waals surface area (Å²) in [6.07, 6.45) is 4.76. The molecule has 2 aliphatic rings. The zero-order valence-electron chi connectivity index (χ0n) is 11.1. The molecule has 0 aromatic heterocycles. The molecule has 0 radical (unpaired) electrons. The van der Waals surface area contributed by atoms with E-state index in [1.54, 1.807) is 0 Å². The number of carboxylic acids is 1. The van der Waals surface area contributed by atoms with Gasteiger partial charge >= 0.3 is 5.97 Å². The highest BCUT2D eigenvalue weighted by molar-refractivity contribution is 5.76. The number of hydrogen-bond donors (Lipinski definition) is 3. The van der Waals surface area contributed by atoms with Crippen molar-refractivity contribution < 1.29 is 15.0 Å². The van der Waals surface area contributed by atoms with E-state index in [0.29, 0.717) is 6.04 Å². The third kappa shape index (κ3) is 3.22. The summed E-state index contributed by atoms with van der Waals surface area (Å²) in [4.78, 5) is 13.0. The Kier molecular flexibility index (Phi) is 4.25. The molecule has 0 aromatic carbocycles. The van der Waals surface area contributed by atoms with Crippen molar-refractivity contribution in [3.05, 3.63) is 0 Å². The van der Waals surface area contributed by atoms with E-state index in [1.165, 1.54) is 19.8 Å². The summed E-state index contributed by atoms with van der Waals surface area (Å²) >= 11 is 0. The van der Waals surface area contributed by atoms with Crippen LogP contribution in [0.5, 0.6) is 0 Å². The number of aliphatic hydroxyl groups is 1. The summed E-state index contributed by atoms with van der Waals surface area (Å²) < 4.78 is 0. The van der Waals surface area contributed by atoms with Crippen LogP contribution in [-0.2, 0) is 4.79 Å². The van der Waals surface area contributed by atoms with Crippen molar-refractivity contribution in [2.45, 2.75) is 44.2 Å². The molecule has 0 amide bonds. The summed E-state index contributed by atoms with van der Waals surface area (Å²) in [6, 6.07) is 0.659. The zero-order valence-corrected chi connectivity index (χ0v) is 11.1. The van der Waals surface area contributed by atoms with Gasteiger partial charge in [0, 0.05) is 12.6 Å². The Hall–Kier alpha value is -0.650. The van der Waals surface area contributed by atoms with Crippen molar-refractivity contribution in [2.24, 2.45) is 5.92 Å². The Morgan fingerprint density at radius 2 is 2.06 bits per heavy atom. The monoisotopic (exact) mass is 256 g/mol. The lowest BCUT2D eigenvalue weighted by atomic mass is 9.88. The molecule has 2 heterocycles. The second-order valence-electron chi connectivity index (χ2n) is 5.90. The number of β-amino-alcohol motifs (C(OH)–C–C–N with tert-alkyl or cyclic N) is 1. The van der Waals surface area contributed by atoms with Crippen LogP contribution in [0.3, 0.4) is 0 Å². The molecule has 0 saturated carbocycles. The van der Waals surface area contributed by atoms with Crippen molar-refractivity contribution >= 4 is 5.97 Å². The van der Waals surface area contributed by atoms with Gasteiger partial charge in [-0.15, -0.1) is 0 Å². The number of nitrogens with one attached hydrogen (secondary N) is 1. The van der Waals surface area contributed by atoms with E-state index in [2.05, 4.69) is 10.2 Å². The fraction of sp³-hybridized carbons (Fsp3) is 0.923. The van der Waals surface area contributed by atoms with Crippen LogP contribution in [-0.4, -0.2) is 58.9 Å². The number of piperidine rings is 1. The molecule has 0 aliphatic carbocycles. The predicted molar refractivity (Wildman–Crippen MR) is 68.4 cm³/mol. The summed E-state index contributed by atoms with van der Waals surface area (Å²) in [5.41, 5.74) is -1.63. The van der Waals surface area contributed by atoms with Crippen LogP contribution in [0.1, 0.15) is 32.6 Å². The third-order valence-corrected chi connectivity index (χ3v) is 4.29. The molecule has 0 aromatic rings. The maximum Gasteiger partial charge on any atom is 0.336 e. The van der Waals surface area contributed by atoms with Gasteiger partial charge in [0.2, 0.25) is 0 Å². The first kappa shape index (κ1) is 13.8. The number of aliphatic carboxylic acids is 1. The summed E-state index contributed by atoms with van der Waals surface area (Å²) in [6.45, 7) is 4.53. The summed E-state index contributed by atoms with van der Waals surface area (Å²) in [5, 5.41) is 22.2. The molecule has 0 spiro atoms. The number of nitrogens with zero attached hydrogens (tertiary/aromatic N) is 1. The number of carbonyl (C=O) groups is 1. The van der Waals surface area contributed by atoms with Crippen LogP contribution in [0.2, 0.25) is 0 Å². The maximum absolute atomic E-state index is 10.9. The van der Waals surface area contributed by atoms with E-state index >= 15 is 0 Å². The van der Waals surface area contributed by atoms with Gasteiger partial charge in [-0.2, -0.15) is 0 Å². The van der Waals surface area contributed by atoms with Gasteiger partial charge in [-0.05, 0) is 58.2 Å². The SMILES string of the molecule is CC(O)(CN1CCC(C2CCCN2)CC1)C(=O)O. The lowest BCUT2D eigenvalue weighted by molar-refractivity contribution is -0.158. The molecule has 2 saturated heterocycles. The van der Waals surface area contributed by atoms with Crippen molar-refractivity contribution in [1.82, 2.24) is 10.2 Å². The van der Waals surface area contributed by atoms with Gasteiger partial charge in [-0.1, -0.05) is 0 Å².